The summed E-state index contributed by atoms with van der Waals surface area (Å²) in [6.07, 6.45) is 0. The molecule has 0 amide bonds. The van der Waals surface area contributed by atoms with E-state index < -0.39 is 11.6 Å². The fraction of sp³-hybridized carbons (Fsp3) is 0.571. The molecular weight excluding hydrogens is 314 g/mol. The highest BCUT2D eigenvalue weighted by molar-refractivity contribution is 9.08. The number of rotatable bonds is 3. The maximum Gasteiger partial charge on any atom is 0.149 e. The molecule has 19 heavy (non-hydrogen) atoms. The highest BCUT2D eigenvalue weighted by Gasteiger charge is 2.26. The molecule has 1 fully saturated rings. The Hall–Kier alpha value is -0.680. The van der Waals surface area contributed by atoms with Crippen molar-refractivity contribution in [1.29, 1.82) is 0 Å². The van der Waals surface area contributed by atoms with Gasteiger partial charge in [0, 0.05) is 31.0 Å². The standard InChI is InChI=1S/C14H19BrF2N2/c1-3-18-4-5-19(9-10(18)2)14-12(16)6-11(8-15)7-13(14)17/h6-7,10H,3-5,8-9H2,1-2H3. The molecule has 0 N–H and O–H groups in total. The van der Waals surface area contributed by atoms with Crippen molar-refractivity contribution in [3.8, 4) is 0 Å². The van der Waals surface area contributed by atoms with Crippen LogP contribution in [-0.2, 0) is 5.33 Å². The molecule has 0 aliphatic carbocycles. The summed E-state index contributed by atoms with van der Waals surface area (Å²) in [4.78, 5) is 4.14. The molecular formula is C14H19BrF2N2. The molecule has 0 radical (unpaired) electrons. The summed E-state index contributed by atoms with van der Waals surface area (Å²) in [5.41, 5.74) is 0.742. The maximum absolute atomic E-state index is 14.1. The summed E-state index contributed by atoms with van der Waals surface area (Å²) in [6.45, 7) is 7.35. The van der Waals surface area contributed by atoms with Gasteiger partial charge in [0.25, 0.3) is 0 Å². The summed E-state index contributed by atoms with van der Waals surface area (Å²) < 4.78 is 28.1. The van der Waals surface area contributed by atoms with E-state index in [0.29, 0.717) is 30.0 Å². The Morgan fingerprint density at radius 1 is 1.26 bits per heavy atom. The predicted octanol–water partition coefficient (Wildman–Crippen LogP) is 3.39. The molecule has 1 aliphatic heterocycles. The maximum atomic E-state index is 14.1. The van der Waals surface area contributed by atoms with E-state index in [1.165, 1.54) is 12.1 Å². The van der Waals surface area contributed by atoms with Gasteiger partial charge >= 0.3 is 0 Å². The van der Waals surface area contributed by atoms with Gasteiger partial charge in [-0.2, -0.15) is 0 Å². The van der Waals surface area contributed by atoms with Crippen molar-refractivity contribution in [2.45, 2.75) is 25.2 Å². The van der Waals surface area contributed by atoms with Gasteiger partial charge in [0.05, 0.1) is 0 Å². The van der Waals surface area contributed by atoms with Gasteiger partial charge in [-0.25, -0.2) is 8.78 Å². The van der Waals surface area contributed by atoms with Crippen LogP contribution < -0.4 is 4.90 Å². The number of hydrogen-bond donors (Lipinski definition) is 0. The molecule has 106 valence electrons. The van der Waals surface area contributed by atoms with Gasteiger partial charge in [0.15, 0.2) is 0 Å². The minimum atomic E-state index is -0.466. The van der Waals surface area contributed by atoms with Crippen LogP contribution in [0.25, 0.3) is 0 Å². The highest BCUT2D eigenvalue weighted by atomic mass is 79.9. The monoisotopic (exact) mass is 332 g/mol. The normalized spacial score (nSPS) is 20.9. The number of benzene rings is 1. The average molecular weight is 333 g/mol. The number of piperazine rings is 1. The first-order chi connectivity index (χ1) is 9.06. The number of alkyl halides is 1. The van der Waals surface area contributed by atoms with Gasteiger partial charge in [-0.05, 0) is 31.2 Å². The third-order valence-corrected chi connectivity index (χ3v) is 4.37. The van der Waals surface area contributed by atoms with Gasteiger partial charge in [-0.3, -0.25) is 4.90 Å². The molecule has 1 saturated heterocycles. The third kappa shape index (κ3) is 3.08. The van der Waals surface area contributed by atoms with Crippen molar-refractivity contribution >= 4 is 21.6 Å². The van der Waals surface area contributed by atoms with Crippen LogP contribution in [0.2, 0.25) is 0 Å². The molecule has 5 heteroatoms. The zero-order chi connectivity index (χ0) is 14.0. The van der Waals surface area contributed by atoms with E-state index in [-0.39, 0.29) is 5.69 Å². The quantitative estimate of drug-likeness (QED) is 0.783. The zero-order valence-corrected chi connectivity index (χ0v) is 12.9. The van der Waals surface area contributed by atoms with Gasteiger partial charge < -0.3 is 4.90 Å². The Bertz CT molecular complexity index is 430. The Morgan fingerprint density at radius 2 is 1.89 bits per heavy atom. The fourth-order valence-corrected chi connectivity index (χ4v) is 2.99. The Labute approximate surface area is 121 Å². The van der Waals surface area contributed by atoms with E-state index in [1.807, 2.05) is 4.90 Å². The molecule has 0 aromatic heterocycles. The first-order valence-corrected chi connectivity index (χ1v) is 7.71. The summed E-state index contributed by atoms with van der Waals surface area (Å²) in [5.74, 6) is -0.932. The van der Waals surface area contributed by atoms with Crippen LogP contribution in [0.15, 0.2) is 12.1 Å². The van der Waals surface area contributed by atoms with Crippen LogP contribution in [0.4, 0.5) is 14.5 Å². The van der Waals surface area contributed by atoms with Crippen molar-refractivity contribution in [2.24, 2.45) is 0 Å². The molecule has 1 aliphatic rings. The largest absolute Gasteiger partial charge is 0.364 e. The van der Waals surface area contributed by atoms with Crippen LogP contribution in [0.1, 0.15) is 19.4 Å². The molecule has 2 rings (SSSR count). The molecule has 1 atom stereocenters. The van der Waals surface area contributed by atoms with Gasteiger partial charge in [0.1, 0.15) is 17.3 Å². The van der Waals surface area contributed by atoms with Crippen LogP contribution >= 0.6 is 15.9 Å². The summed E-state index contributed by atoms with van der Waals surface area (Å²) in [5, 5.41) is 0.459. The van der Waals surface area contributed by atoms with Crippen molar-refractivity contribution in [2.75, 3.05) is 31.1 Å². The van der Waals surface area contributed by atoms with Crippen LogP contribution in [0.5, 0.6) is 0 Å². The molecule has 1 aromatic carbocycles. The first-order valence-electron chi connectivity index (χ1n) is 6.59. The summed E-state index contributed by atoms with van der Waals surface area (Å²) in [6, 6.07) is 3.13. The Morgan fingerprint density at radius 3 is 2.37 bits per heavy atom. The van der Waals surface area contributed by atoms with Crippen molar-refractivity contribution in [3.05, 3.63) is 29.3 Å². The summed E-state index contributed by atoms with van der Waals surface area (Å²) in [7, 11) is 0. The molecule has 1 unspecified atom stereocenters. The predicted molar refractivity (Wildman–Crippen MR) is 77.9 cm³/mol. The van der Waals surface area contributed by atoms with Gasteiger partial charge in [0.2, 0.25) is 0 Å². The Kier molecular flexibility index (Phi) is 4.79. The zero-order valence-electron chi connectivity index (χ0n) is 11.3. The first kappa shape index (κ1) is 14.7. The van der Waals surface area contributed by atoms with Crippen LogP contribution in [-0.4, -0.2) is 37.1 Å². The number of anilines is 1. The smallest absolute Gasteiger partial charge is 0.149 e. The summed E-state index contributed by atoms with van der Waals surface area (Å²) >= 11 is 3.22. The number of hydrogen-bond acceptors (Lipinski definition) is 2. The van der Waals surface area contributed by atoms with E-state index in [2.05, 4.69) is 34.7 Å². The van der Waals surface area contributed by atoms with Gasteiger partial charge in [-0.15, -0.1) is 0 Å². The third-order valence-electron chi connectivity index (χ3n) is 3.72. The second-order valence-electron chi connectivity index (χ2n) is 4.97. The SMILES string of the molecule is CCN1CCN(c2c(F)cc(CBr)cc2F)CC1C. The second-order valence-corrected chi connectivity index (χ2v) is 5.53. The molecule has 0 spiro atoms. The highest BCUT2D eigenvalue weighted by Crippen LogP contribution is 2.27. The van der Waals surface area contributed by atoms with E-state index >= 15 is 0 Å². The van der Waals surface area contributed by atoms with E-state index in [4.69, 9.17) is 0 Å². The number of nitrogens with zero attached hydrogens (tertiary/aromatic N) is 2. The minimum Gasteiger partial charge on any atom is -0.364 e. The number of halogens is 3. The lowest BCUT2D eigenvalue weighted by Crippen LogP contribution is -2.52. The molecule has 0 saturated carbocycles. The minimum absolute atomic E-state index is 0.118. The molecule has 1 heterocycles. The second kappa shape index (κ2) is 6.18. The van der Waals surface area contributed by atoms with Crippen molar-refractivity contribution < 1.29 is 8.78 Å². The number of likely N-dealkylation sites (N-methyl/N-ethyl adjacent to an activating group) is 1. The van der Waals surface area contributed by atoms with E-state index in [9.17, 15) is 8.78 Å². The van der Waals surface area contributed by atoms with E-state index in [1.54, 1.807) is 0 Å². The molecule has 1 aromatic rings. The van der Waals surface area contributed by atoms with Gasteiger partial charge in [-0.1, -0.05) is 22.9 Å². The average Bonchev–Trinajstić information content (AvgIpc) is 2.38. The van der Waals surface area contributed by atoms with Crippen LogP contribution in [0.3, 0.4) is 0 Å². The van der Waals surface area contributed by atoms with Crippen molar-refractivity contribution in [1.82, 2.24) is 4.90 Å². The lowest BCUT2D eigenvalue weighted by Gasteiger charge is -2.40. The van der Waals surface area contributed by atoms with Crippen molar-refractivity contribution in [3.63, 3.8) is 0 Å². The lowest BCUT2D eigenvalue weighted by molar-refractivity contribution is 0.198. The van der Waals surface area contributed by atoms with E-state index in [0.717, 1.165) is 13.1 Å². The molecule has 0 bridgehead atoms. The fourth-order valence-electron chi connectivity index (χ4n) is 2.67. The Balaban J connectivity index is 2.23. The molecule has 2 nitrogen and oxygen atoms in total. The topological polar surface area (TPSA) is 6.48 Å². The van der Waals surface area contributed by atoms with Crippen LogP contribution in [0, 0.1) is 11.6 Å². The lowest BCUT2D eigenvalue weighted by atomic mass is 10.1.